The molecular formula is C16H30N2O2. The molecule has 4 nitrogen and oxygen atoms in total. The standard InChI is InChI=1S/C16H30N2O2/c1-5-20-14-10-13(16(14,2)3)18-12-9-7-6-8-11(12)15(19)17-4/h11-14,18H,5-10H2,1-4H3,(H,17,19). The van der Waals surface area contributed by atoms with Gasteiger partial charge in [-0.3, -0.25) is 4.79 Å². The Bertz CT molecular complexity index is 343. The lowest BCUT2D eigenvalue weighted by molar-refractivity contribution is -0.130. The molecule has 2 N–H and O–H groups in total. The fraction of sp³-hybridized carbons (Fsp3) is 0.938. The van der Waals surface area contributed by atoms with Crippen molar-refractivity contribution in [2.75, 3.05) is 13.7 Å². The highest BCUT2D eigenvalue weighted by Gasteiger charge is 2.50. The SMILES string of the molecule is CCOC1CC(NC2CCCCC2C(=O)NC)C1(C)C. The van der Waals surface area contributed by atoms with Crippen LogP contribution in [0.15, 0.2) is 0 Å². The molecule has 0 heterocycles. The van der Waals surface area contributed by atoms with E-state index < -0.39 is 0 Å². The molecule has 2 aliphatic rings. The van der Waals surface area contributed by atoms with E-state index in [4.69, 9.17) is 4.74 Å². The highest BCUT2D eigenvalue weighted by Crippen LogP contribution is 2.43. The lowest BCUT2D eigenvalue weighted by Gasteiger charge is -2.53. The Labute approximate surface area is 123 Å². The fourth-order valence-electron chi connectivity index (χ4n) is 3.74. The van der Waals surface area contributed by atoms with Crippen molar-refractivity contribution in [1.29, 1.82) is 0 Å². The van der Waals surface area contributed by atoms with Crippen LogP contribution < -0.4 is 10.6 Å². The summed E-state index contributed by atoms with van der Waals surface area (Å²) in [5.74, 6) is 0.330. The summed E-state index contributed by atoms with van der Waals surface area (Å²) in [5, 5.41) is 6.58. The first-order valence-electron chi connectivity index (χ1n) is 8.10. The van der Waals surface area contributed by atoms with Crippen molar-refractivity contribution in [3.05, 3.63) is 0 Å². The summed E-state index contributed by atoms with van der Waals surface area (Å²) in [7, 11) is 1.74. The molecule has 0 aromatic heterocycles. The Hall–Kier alpha value is -0.610. The van der Waals surface area contributed by atoms with E-state index in [0.717, 1.165) is 25.9 Å². The van der Waals surface area contributed by atoms with Crippen LogP contribution in [0.2, 0.25) is 0 Å². The first-order valence-corrected chi connectivity index (χ1v) is 8.10. The first-order chi connectivity index (χ1) is 9.50. The maximum absolute atomic E-state index is 12.0. The van der Waals surface area contributed by atoms with Crippen LogP contribution in [-0.2, 0) is 9.53 Å². The van der Waals surface area contributed by atoms with Gasteiger partial charge in [-0.1, -0.05) is 26.7 Å². The average molecular weight is 282 g/mol. The molecule has 116 valence electrons. The van der Waals surface area contributed by atoms with Gasteiger partial charge in [0.15, 0.2) is 0 Å². The van der Waals surface area contributed by atoms with Crippen molar-refractivity contribution >= 4 is 5.91 Å². The minimum Gasteiger partial charge on any atom is -0.378 e. The quantitative estimate of drug-likeness (QED) is 0.812. The number of hydrogen-bond acceptors (Lipinski definition) is 3. The van der Waals surface area contributed by atoms with Crippen molar-refractivity contribution in [3.63, 3.8) is 0 Å². The molecule has 0 spiro atoms. The molecule has 0 aromatic rings. The number of carbonyl (C=O) groups excluding carboxylic acids is 1. The summed E-state index contributed by atoms with van der Waals surface area (Å²) in [4.78, 5) is 12.0. The second kappa shape index (κ2) is 6.44. The fourth-order valence-corrected chi connectivity index (χ4v) is 3.74. The summed E-state index contributed by atoms with van der Waals surface area (Å²) in [6.07, 6.45) is 5.95. The minimum atomic E-state index is 0.135. The lowest BCUT2D eigenvalue weighted by atomic mass is 9.63. The van der Waals surface area contributed by atoms with Gasteiger partial charge in [-0.2, -0.15) is 0 Å². The third kappa shape index (κ3) is 3.01. The van der Waals surface area contributed by atoms with Crippen LogP contribution in [0.1, 0.15) is 52.9 Å². The molecule has 1 amide bonds. The zero-order valence-corrected chi connectivity index (χ0v) is 13.4. The largest absolute Gasteiger partial charge is 0.378 e. The molecule has 2 fully saturated rings. The topological polar surface area (TPSA) is 50.4 Å². The van der Waals surface area contributed by atoms with Crippen LogP contribution in [0, 0.1) is 11.3 Å². The Morgan fingerprint density at radius 2 is 2.00 bits per heavy atom. The second-order valence-electron chi connectivity index (χ2n) is 6.83. The molecule has 0 bridgehead atoms. The Morgan fingerprint density at radius 1 is 1.30 bits per heavy atom. The third-order valence-corrected chi connectivity index (χ3v) is 5.31. The average Bonchev–Trinajstić information content (AvgIpc) is 2.46. The molecule has 4 unspecified atom stereocenters. The maximum atomic E-state index is 12.0. The molecule has 4 atom stereocenters. The van der Waals surface area contributed by atoms with Crippen LogP contribution >= 0.6 is 0 Å². The molecule has 0 aromatic carbocycles. The van der Waals surface area contributed by atoms with E-state index in [0.29, 0.717) is 18.2 Å². The van der Waals surface area contributed by atoms with Gasteiger partial charge < -0.3 is 15.4 Å². The highest BCUT2D eigenvalue weighted by molar-refractivity contribution is 5.79. The van der Waals surface area contributed by atoms with Gasteiger partial charge in [0.1, 0.15) is 0 Å². The van der Waals surface area contributed by atoms with E-state index in [1.165, 1.54) is 12.8 Å². The van der Waals surface area contributed by atoms with Gasteiger partial charge in [0, 0.05) is 31.2 Å². The van der Waals surface area contributed by atoms with E-state index in [1.807, 2.05) is 0 Å². The van der Waals surface area contributed by atoms with Gasteiger partial charge in [-0.15, -0.1) is 0 Å². The number of amides is 1. The molecule has 2 saturated carbocycles. The number of carbonyl (C=O) groups is 1. The molecule has 0 radical (unpaired) electrons. The minimum absolute atomic E-state index is 0.135. The third-order valence-electron chi connectivity index (χ3n) is 5.31. The number of rotatable bonds is 5. The zero-order chi connectivity index (χ0) is 14.8. The molecule has 4 heteroatoms. The van der Waals surface area contributed by atoms with E-state index >= 15 is 0 Å². The molecule has 0 saturated heterocycles. The van der Waals surface area contributed by atoms with E-state index in [9.17, 15) is 4.79 Å². The molecule has 2 aliphatic carbocycles. The van der Waals surface area contributed by atoms with Gasteiger partial charge in [-0.05, 0) is 26.2 Å². The van der Waals surface area contributed by atoms with Gasteiger partial charge in [0.2, 0.25) is 5.91 Å². The molecular weight excluding hydrogens is 252 g/mol. The van der Waals surface area contributed by atoms with Crippen molar-refractivity contribution in [2.24, 2.45) is 11.3 Å². The predicted molar refractivity (Wildman–Crippen MR) is 80.5 cm³/mol. The van der Waals surface area contributed by atoms with Gasteiger partial charge in [-0.25, -0.2) is 0 Å². The Balaban J connectivity index is 1.93. The monoisotopic (exact) mass is 282 g/mol. The number of nitrogens with one attached hydrogen (secondary N) is 2. The van der Waals surface area contributed by atoms with Crippen molar-refractivity contribution in [3.8, 4) is 0 Å². The lowest BCUT2D eigenvalue weighted by Crippen LogP contribution is -2.64. The van der Waals surface area contributed by atoms with E-state index in [-0.39, 0.29) is 17.2 Å². The molecule has 2 rings (SSSR count). The van der Waals surface area contributed by atoms with Gasteiger partial charge in [0.25, 0.3) is 0 Å². The number of ether oxygens (including phenoxy) is 1. The Kier molecular flexibility index (Phi) is 5.08. The van der Waals surface area contributed by atoms with Crippen LogP contribution in [-0.4, -0.2) is 37.7 Å². The summed E-state index contributed by atoms with van der Waals surface area (Å²) in [6.45, 7) is 7.38. The van der Waals surface area contributed by atoms with Gasteiger partial charge in [0.05, 0.1) is 12.0 Å². The Morgan fingerprint density at radius 3 is 2.60 bits per heavy atom. The molecule has 20 heavy (non-hydrogen) atoms. The highest BCUT2D eigenvalue weighted by atomic mass is 16.5. The van der Waals surface area contributed by atoms with Gasteiger partial charge >= 0.3 is 0 Å². The maximum Gasteiger partial charge on any atom is 0.224 e. The summed E-state index contributed by atoms with van der Waals surface area (Å²) < 4.78 is 5.79. The van der Waals surface area contributed by atoms with Crippen molar-refractivity contribution in [1.82, 2.24) is 10.6 Å². The van der Waals surface area contributed by atoms with Crippen LogP contribution in [0.3, 0.4) is 0 Å². The van der Waals surface area contributed by atoms with Crippen molar-refractivity contribution < 1.29 is 9.53 Å². The van der Waals surface area contributed by atoms with Crippen molar-refractivity contribution in [2.45, 2.75) is 71.1 Å². The summed E-state index contributed by atoms with van der Waals surface area (Å²) in [5.41, 5.74) is 0.167. The summed E-state index contributed by atoms with van der Waals surface area (Å²) >= 11 is 0. The normalized spacial score (nSPS) is 36.2. The predicted octanol–water partition coefficient (Wildman–Crippen LogP) is 2.08. The number of hydrogen-bond donors (Lipinski definition) is 2. The zero-order valence-electron chi connectivity index (χ0n) is 13.4. The van der Waals surface area contributed by atoms with Crippen LogP contribution in [0.25, 0.3) is 0 Å². The summed E-state index contributed by atoms with van der Waals surface area (Å²) in [6, 6.07) is 0.796. The second-order valence-corrected chi connectivity index (χ2v) is 6.83. The van der Waals surface area contributed by atoms with E-state index in [2.05, 4.69) is 31.4 Å². The smallest absolute Gasteiger partial charge is 0.224 e. The van der Waals surface area contributed by atoms with Crippen LogP contribution in [0.4, 0.5) is 0 Å². The van der Waals surface area contributed by atoms with Crippen LogP contribution in [0.5, 0.6) is 0 Å². The molecule has 0 aliphatic heterocycles. The first kappa shape index (κ1) is 15.8. The van der Waals surface area contributed by atoms with E-state index in [1.54, 1.807) is 7.05 Å².